The fourth-order valence-corrected chi connectivity index (χ4v) is 2.53. The summed E-state index contributed by atoms with van der Waals surface area (Å²) in [5.74, 6) is -0.680. The molecule has 3 amide bonds. The zero-order chi connectivity index (χ0) is 19.1. The van der Waals surface area contributed by atoms with Crippen LogP contribution in [0, 0.1) is 0 Å². The second-order valence-corrected chi connectivity index (χ2v) is 5.59. The van der Waals surface area contributed by atoms with Gasteiger partial charge in [-0.3, -0.25) is 9.59 Å². The van der Waals surface area contributed by atoms with Gasteiger partial charge in [-0.1, -0.05) is 5.16 Å². The molecular formula is C16H21N5O5. The van der Waals surface area contributed by atoms with Crippen LogP contribution in [0.1, 0.15) is 18.4 Å². The van der Waals surface area contributed by atoms with Crippen molar-refractivity contribution in [3.05, 3.63) is 29.8 Å². The standard InChI is InChI=1S/C16H21N5O5/c1-26-13(22)6-8-18-16(24)19-12-7-9-21(15(12)23)11-4-2-10(3-5-11)14(17)20-25/h2-5,12,25H,6-9H2,1H3,(H2,17,20)(H2,18,19,24)/t12-/m0/s1. The van der Waals surface area contributed by atoms with Gasteiger partial charge in [0.25, 0.3) is 0 Å². The summed E-state index contributed by atoms with van der Waals surface area (Å²) in [4.78, 5) is 36.8. The molecule has 1 aliphatic heterocycles. The third-order valence-electron chi connectivity index (χ3n) is 3.94. The zero-order valence-electron chi connectivity index (χ0n) is 14.3. The van der Waals surface area contributed by atoms with E-state index >= 15 is 0 Å². The lowest BCUT2D eigenvalue weighted by atomic mass is 10.2. The van der Waals surface area contributed by atoms with E-state index in [-0.39, 0.29) is 24.7 Å². The van der Waals surface area contributed by atoms with Crippen molar-refractivity contribution in [2.45, 2.75) is 18.9 Å². The van der Waals surface area contributed by atoms with Crippen LogP contribution in [0.5, 0.6) is 0 Å². The predicted octanol–water partition coefficient (Wildman–Crippen LogP) is -0.251. The van der Waals surface area contributed by atoms with Crippen molar-refractivity contribution >= 4 is 29.4 Å². The number of hydrogen-bond donors (Lipinski definition) is 4. The SMILES string of the molecule is COC(=O)CCNC(=O)N[C@H]1CCN(c2ccc(C(N)=NO)cc2)C1=O. The second-order valence-electron chi connectivity index (χ2n) is 5.59. The van der Waals surface area contributed by atoms with Crippen molar-refractivity contribution in [1.29, 1.82) is 0 Å². The maximum absolute atomic E-state index is 12.5. The number of carbonyl (C=O) groups is 3. The zero-order valence-corrected chi connectivity index (χ0v) is 14.3. The average Bonchev–Trinajstić information content (AvgIpc) is 3.01. The molecule has 1 aliphatic rings. The number of carbonyl (C=O) groups excluding carboxylic acids is 3. The van der Waals surface area contributed by atoms with E-state index in [1.807, 2.05) is 0 Å². The number of nitrogens with zero attached hydrogens (tertiary/aromatic N) is 2. The first-order valence-corrected chi connectivity index (χ1v) is 7.96. The molecule has 1 aromatic rings. The molecule has 0 saturated carbocycles. The van der Waals surface area contributed by atoms with Crippen LogP contribution in [0.2, 0.25) is 0 Å². The van der Waals surface area contributed by atoms with Gasteiger partial charge in [0.15, 0.2) is 5.84 Å². The smallest absolute Gasteiger partial charge is 0.315 e. The van der Waals surface area contributed by atoms with Gasteiger partial charge in [-0.05, 0) is 30.7 Å². The number of benzene rings is 1. The molecule has 5 N–H and O–H groups in total. The van der Waals surface area contributed by atoms with E-state index in [0.29, 0.717) is 24.2 Å². The predicted molar refractivity (Wildman–Crippen MR) is 92.9 cm³/mol. The van der Waals surface area contributed by atoms with Gasteiger partial charge < -0.3 is 31.2 Å². The number of esters is 1. The van der Waals surface area contributed by atoms with Crippen molar-refractivity contribution in [2.24, 2.45) is 10.9 Å². The molecule has 1 heterocycles. The summed E-state index contributed by atoms with van der Waals surface area (Å²) in [6.07, 6.45) is 0.520. The number of amides is 3. The van der Waals surface area contributed by atoms with Crippen molar-refractivity contribution in [2.75, 3.05) is 25.1 Å². The Hall–Kier alpha value is -3.30. The number of rotatable bonds is 6. The number of nitrogens with one attached hydrogen (secondary N) is 2. The fraction of sp³-hybridized carbons (Fsp3) is 0.375. The Kier molecular flexibility index (Phi) is 6.36. The van der Waals surface area contributed by atoms with Gasteiger partial charge in [0.2, 0.25) is 5.91 Å². The third-order valence-corrected chi connectivity index (χ3v) is 3.94. The van der Waals surface area contributed by atoms with E-state index in [2.05, 4.69) is 20.5 Å². The van der Waals surface area contributed by atoms with E-state index in [1.165, 1.54) is 7.11 Å². The summed E-state index contributed by atoms with van der Waals surface area (Å²) in [5.41, 5.74) is 6.69. The minimum Gasteiger partial charge on any atom is -0.469 e. The van der Waals surface area contributed by atoms with Crippen LogP contribution in [0.15, 0.2) is 29.4 Å². The third kappa shape index (κ3) is 4.62. The van der Waals surface area contributed by atoms with E-state index in [0.717, 1.165) is 0 Å². The summed E-state index contributed by atoms with van der Waals surface area (Å²) in [7, 11) is 1.27. The number of ether oxygens (including phenoxy) is 1. The molecule has 140 valence electrons. The summed E-state index contributed by atoms with van der Waals surface area (Å²) >= 11 is 0. The number of methoxy groups -OCH3 is 1. The summed E-state index contributed by atoms with van der Waals surface area (Å²) in [5, 5.41) is 16.7. The van der Waals surface area contributed by atoms with Crippen molar-refractivity contribution in [1.82, 2.24) is 10.6 Å². The normalized spacial score (nSPS) is 17.1. The molecule has 0 bridgehead atoms. The van der Waals surface area contributed by atoms with Gasteiger partial charge in [0.1, 0.15) is 6.04 Å². The van der Waals surface area contributed by atoms with Gasteiger partial charge in [-0.2, -0.15) is 0 Å². The highest BCUT2D eigenvalue weighted by Crippen LogP contribution is 2.22. The van der Waals surface area contributed by atoms with Crippen LogP contribution in [-0.4, -0.2) is 55.2 Å². The summed E-state index contributed by atoms with van der Waals surface area (Å²) < 4.78 is 4.48. The van der Waals surface area contributed by atoms with Gasteiger partial charge in [0, 0.05) is 24.3 Å². The Balaban J connectivity index is 1.89. The van der Waals surface area contributed by atoms with Gasteiger partial charge in [-0.25, -0.2) is 4.79 Å². The summed E-state index contributed by atoms with van der Waals surface area (Å²) in [6.45, 7) is 0.577. The van der Waals surface area contributed by atoms with E-state index in [1.54, 1.807) is 29.2 Å². The van der Waals surface area contributed by atoms with Crippen LogP contribution in [0.3, 0.4) is 0 Å². The molecule has 1 fully saturated rings. The molecule has 1 saturated heterocycles. The highest BCUT2D eigenvalue weighted by molar-refractivity contribution is 6.02. The first-order valence-electron chi connectivity index (χ1n) is 7.96. The molecule has 1 aromatic carbocycles. The molecule has 2 rings (SSSR count). The number of oxime groups is 1. The molecule has 10 nitrogen and oxygen atoms in total. The Morgan fingerprint density at radius 1 is 1.38 bits per heavy atom. The first kappa shape index (κ1) is 19.0. The average molecular weight is 363 g/mol. The molecule has 0 unspecified atom stereocenters. The minimum absolute atomic E-state index is 0.0209. The second kappa shape index (κ2) is 8.70. The number of hydrogen-bond acceptors (Lipinski definition) is 6. The molecule has 0 spiro atoms. The monoisotopic (exact) mass is 363 g/mol. The highest BCUT2D eigenvalue weighted by Gasteiger charge is 2.33. The molecule has 0 aromatic heterocycles. The minimum atomic E-state index is -0.642. The Morgan fingerprint density at radius 3 is 2.69 bits per heavy atom. The highest BCUT2D eigenvalue weighted by atomic mass is 16.5. The topological polar surface area (TPSA) is 146 Å². The quantitative estimate of drug-likeness (QED) is 0.180. The first-order chi connectivity index (χ1) is 12.5. The Bertz CT molecular complexity index is 703. The molecule has 26 heavy (non-hydrogen) atoms. The van der Waals surface area contributed by atoms with Crippen molar-refractivity contribution < 1.29 is 24.3 Å². The fourth-order valence-electron chi connectivity index (χ4n) is 2.53. The van der Waals surface area contributed by atoms with Crippen LogP contribution in [0.25, 0.3) is 0 Å². The molecule has 1 atom stereocenters. The largest absolute Gasteiger partial charge is 0.469 e. The molecule has 0 aliphatic carbocycles. The van der Waals surface area contributed by atoms with Crippen molar-refractivity contribution in [3.8, 4) is 0 Å². The van der Waals surface area contributed by atoms with Crippen LogP contribution < -0.4 is 21.3 Å². The molecule has 10 heteroatoms. The lowest BCUT2D eigenvalue weighted by Crippen LogP contribution is -2.46. The number of nitrogens with two attached hydrogens (primary N) is 1. The molecular weight excluding hydrogens is 342 g/mol. The maximum Gasteiger partial charge on any atom is 0.315 e. The lowest BCUT2D eigenvalue weighted by Gasteiger charge is -2.17. The summed E-state index contributed by atoms with van der Waals surface area (Å²) in [6, 6.07) is 5.48. The van der Waals surface area contributed by atoms with E-state index < -0.39 is 18.0 Å². The number of urea groups is 1. The Labute approximate surface area is 150 Å². The number of anilines is 1. The van der Waals surface area contributed by atoms with E-state index in [4.69, 9.17) is 10.9 Å². The van der Waals surface area contributed by atoms with Gasteiger partial charge >= 0.3 is 12.0 Å². The maximum atomic E-state index is 12.5. The van der Waals surface area contributed by atoms with Gasteiger partial charge in [-0.15, -0.1) is 0 Å². The Morgan fingerprint density at radius 2 is 2.08 bits per heavy atom. The lowest BCUT2D eigenvalue weighted by molar-refractivity contribution is -0.140. The van der Waals surface area contributed by atoms with Crippen LogP contribution in [-0.2, 0) is 14.3 Å². The van der Waals surface area contributed by atoms with Crippen LogP contribution >= 0.6 is 0 Å². The van der Waals surface area contributed by atoms with E-state index in [9.17, 15) is 14.4 Å². The number of amidine groups is 1. The van der Waals surface area contributed by atoms with Gasteiger partial charge in [0.05, 0.1) is 13.5 Å². The molecule has 0 radical (unpaired) electrons. The van der Waals surface area contributed by atoms with Crippen LogP contribution in [0.4, 0.5) is 10.5 Å². The van der Waals surface area contributed by atoms with Crippen molar-refractivity contribution in [3.63, 3.8) is 0 Å².